The number of rotatable bonds is 15. The van der Waals surface area contributed by atoms with Crippen molar-refractivity contribution in [2.75, 3.05) is 33.1 Å². The molecule has 0 aliphatic rings. The number of nitrogens with one attached hydrogen (secondary N) is 2. The average Bonchev–Trinajstić information content (AvgIpc) is 2.71. The topological polar surface area (TPSA) is 275 Å². The summed E-state index contributed by atoms with van der Waals surface area (Å²) in [5.41, 5.74) is 5.35. The minimum absolute atomic E-state index is 0.0834. The molecule has 0 bridgehead atoms. The van der Waals surface area contributed by atoms with Gasteiger partial charge in [0.25, 0.3) is 0 Å². The molecule has 8 atom stereocenters. The van der Waals surface area contributed by atoms with Crippen LogP contribution in [0.1, 0.15) is 20.3 Å². The highest BCUT2D eigenvalue weighted by Crippen LogP contribution is 2.39. The molecule has 0 rings (SSSR count). The Hall–Kier alpha value is -1.29. The summed E-state index contributed by atoms with van der Waals surface area (Å²) in [5, 5.41) is 41.9. The van der Waals surface area contributed by atoms with Gasteiger partial charge in [-0.05, 0) is 6.42 Å². The first-order chi connectivity index (χ1) is 15.9. The number of amides is 2. The lowest BCUT2D eigenvalue weighted by atomic mass is 10.0. The molecular formula is C17H37N3O13P2. The van der Waals surface area contributed by atoms with E-state index < -0.39 is 70.1 Å². The van der Waals surface area contributed by atoms with Crippen molar-refractivity contribution in [1.82, 2.24) is 10.6 Å². The normalized spacial score (nSPS) is 19.7. The number of hydrogen-bond donors (Lipinski definition) is 9. The van der Waals surface area contributed by atoms with Crippen molar-refractivity contribution in [3.63, 3.8) is 0 Å². The molecule has 0 spiro atoms. The standard InChI is InChI=1S/C9H21N2O6P.C8H16NO7P/c1-6(13)11-7(3-4-12)9(14)8(5-10)17-18(2,15)16;1-5(12)9-6(3-10)8(13)7(4-11)16-17(2,14)15/h7-9,12,14H,3-5,10H2,1-2H3,(H,11,13)(H,15,16);4,6-8,10,13H,3H2,1-2H3,(H,9,12)(H,14,15). The van der Waals surface area contributed by atoms with E-state index in [1.165, 1.54) is 6.92 Å². The van der Waals surface area contributed by atoms with Crippen molar-refractivity contribution in [1.29, 1.82) is 0 Å². The first kappa shape index (κ1) is 35.9. The summed E-state index contributed by atoms with van der Waals surface area (Å²) in [6.45, 7) is 3.14. The molecule has 0 saturated carbocycles. The number of nitrogens with two attached hydrogens (primary N) is 1. The van der Waals surface area contributed by atoms with Crippen LogP contribution >= 0.6 is 15.2 Å². The Morgan fingerprint density at radius 1 is 0.943 bits per heavy atom. The first-order valence-corrected chi connectivity index (χ1v) is 14.2. The van der Waals surface area contributed by atoms with Gasteiger partial charge in [0.05, 0.1) is 18.7 Å². The van der Waals surface area contributed by atoms with Crippen LogP contribution in [-0.4, -0.2) is 118 Å². The van der Waals surface area contributed by atoms with Crippen molar-refractivity contribution < 1.29 is 62.8 Å². The molecule has 16 nitrogen and oxygen atoms in total. The second-order valence-corrected chi connectivity index (χ2v) is 11.1. The van der Waals surface area contributed by atoms with Gasteiger partial charge in [0.1, 0.15) is 18.3 Å². The van der Waals surface area contributed by atoms with Crippen LogP contribution in [0, 0.1) is 0 Å². The third-order valence-corrected chi connectivity index (χ3v) is 5.27. The molecule has 2 amide bonds. The van der Waals surface area contributed by atoms with E-state index in [2.05, 4.69) is 15.2 Å². The van der Waals surface area contributed by atoms with Crippen LogP contribution in [0.3, 0.4) is 0 Å². The number of aliphatic hydroxyl groups excluding tert-OH is 4. The molecule has 0 saturated heterocycles. The molecule has 0 aliphatic carbocycles. The van der Waals surface area contributed by atoms with Gasteiger partial charge in [-0.2, -0.15) is 0 Å². The molecule has 8 unspecified atom stereocenters. The zero-order chi connectivity index (χ0) is 28.0. The molecule has 0 radical (unpaired) electrons. The van der Waals surface area contributed by atoms with Gasteiger partial charge in [-0.25, -0.2) is 0 Å². The molecule has 0 aromatic heterocycles. The molecule has 10 N–H and O–H groups in total. The van der Waals surface area contributed by atoms with E-state index in [0.717, 1.165) is 20.3 Å². The number of aldehydes is 1. The SMILES string of the molecule is CC(=O)NC(CCO)C(O)C(CN)OP(C)(=O)O.CC(=O)NC(CO)C(O)C(C=O)OP(C)(=O)O. The number of aliphatic hydroxyl groups is 4. The van der Waals surface area contributed by atoms with E-state index in [-0.39, 0.29) is 25.9 Å². The number of carbonyl (C=O) groups excluding carboxylic acids is 3. The van der Waals surface area contributed by atoms with Crippen LogP contribution in [0.15, 0.2) is 0 Å². The Balaban J connectivity index is 0. The van der Waals surface area contributed by atoms with E-state index in [1.54, 1.807) is 0 Å². The maximum atomic E-state index is 11.1. The number of carbonyl (C=O) groups is 3. The summed E-state index contributed by atoms with van der Waals surface area (Å²) in [4.78, 5) is 50.3. The minimum atomic E-state index is -3.96. The van der Waals surface area contributed by atoms with Crippen molar-refractivity contribution >= 4 is 33.3 Å². The zero-order valence-electron chi connectivity index (χ0n) is 19.9. The molecule has 0 aliphatic heterocycles. The fraction of sp³-hybridized carbons (Fsp3) is 0.824. The molecule has 35 heavy (non-hydrogen) atoms. The number of hydrogen-bond acceptors (Lipinski definition) is 12. The maximum Gasteiger partial charge on any atom is 0.325 e. The molecular weight excluding hydrogens is 516 g/mol. The van der Waals surface area contributed by atoms with Crippen molar-refractivity contribution in [3.05, 3.63) is 0 Å². The van der Waals surface area contributed by atoms with Gasteiger partial charge in [-0.15, -0.1) is 0 Å². The van der Waals surface area contributed by atoms with Crippen LogP contribution in [0.25, 0.3) is 0 Å². The van der Waals surface area contributed by atoms with Crippen LogP contribution in [0.2, 0.25) is 0 Å². The first-order valence-electron chi connectivity index (χ1n) is 10.2. The van der Waals surface area contributed by atoms with Crippen LogP contribution < -0.4 is 16.4 Å². The average molecular weight is 553 g/mol. The highest BCUT2D eigenvalue weighted by atomic mass is 31.2. The smallest absolute Gasteiger partial charge is 0.325 e. The molecule has 0 aromatic rings. The van der Waals surface area contributed by atoms with Crippen LogP contribution in [-0.2, 0) is 32.6 Å². The Morgan fingerprint density at radius 2 is 1.40 bits per heavy atom. The lowest BCUT2D eigenvalue weighted by Crippen LogP contribution is -2.51. The van der Waals surface area contributed by atoms with Crippen molar-refractivity contribution in [3.8, 4) is 0 Å². The van der Waals surface area contributed by atoms with E-state index in [0.29, 0.717) is 0 Å². The molecule has 0 aromatic carbocycles. The van der Waals surface area contributed by atoms with E-state index in [9.17, 15) is 33.7 Å². The third-order valence-electron chi connectivity index (χ3n) is 3.97. The largest absolute Gasteiger partial charge is 0.396 e. The van der Waals surface area contributed by atoms with Crippen LogP contribution in [0.5, 0.6) is 0 Å². The molecule has 208 valence electrons. The summed E-state index contributed by atoms with van der Waals surface area (Å²) in [6, 6.07) is -1.96. The Labute approximate surface area is 202 Å². The van der Waals surface area contributed by atoms with Gasteiger partial charge in [0.15, 0.2) is 12.4 Å². The van der Waals surface area contributed by atoms with Crippen molar-refractivity contribution in [2.45, 2.75) is 56.8 Å². The predicted molar refractivity (Wildman–Crippen MR) is 122 cm³/mol. The second kappa shape index (κ2) is 17.2. The van der Waals surface area contributed by atoms with Gasteiger partial charge in [-0.1, -0.05) is 0 Å². The fourth-order valence-electron chi connectivity index (χ4n) is 2.61. The van der Waals surface area contributed by atoms with Gasteiger partial charge in [0.2, 0.25) is 11.8 Å². The highest BCUT2D eigenvalue weighted by molar-refractivity contribution is 7.52. The zero-order valence-corrected chi connectivity index (χ0v) is 21.7. The van der Waals surface area contributed by atoms with E-state index in [1.807, 2.05) is 0 Å². The second-order valence-electron chi connectivity index (χ2n) is 7.48. The molecule has 0 fully saturated rings. The van der Waals surface area contributed by atoms with E-state index >= 15 is 0 Å². The van der Waals surface area contributed by atoms with Crippen molar-refractivity contribution in [2.24, 2.45) is 5.73 Å². The highest BCUT2D eigenvalue weighted by Gasteiger charge is 2.33. The predicted octanol–water partition coefficient (Wildman–Crippen LogP) is -3.36. The monoisotopic (exact) mass is 553 g/mol. The van der Waals surface area contributed by atoms with Gasteiger partial charge in [0, 0.05) is 40.3 Å². The summed E-state index contributed by atoms with van der Waals surface area (Å²) in [7, 11) is -7.76. The molecule has 18 heteroatoms. The lowest BCUT2D eigenvalue weighted by molar-refractivity contribution is -0.125. The Kier molecular flexibility index (Phi) is 17.6. The Morgan fingerprint density at radius 3 is 1.71 bits per heavy atom. The minimum Gasteiger partial charge on any atom is -0.396 e. The molecule has 0 heterocycles. The van der Waals surface area contributed by atoms with Gasteiger partial charge in [-0.3, -0.25) is 23.2 Å². The van der Waals surface area contributed by atoms with E-state index in [4.69, 9.17) is 30.3 Å². The maximum absolute atomic E-state index is 11.1. The summed E-state index contributed by atoms with van der Waals surface area (Å²) in [5.74, 6) is -0.927. The quantitative estimate of drug-likeness (QED) is 0.0708. The van der Waals surface area contributed by atoms with Gasteiger partial charge < -0.3 is 55.9 Å². The summed E-state index contributed by atoms with van der Waals surface area (Å²) < 4.78 is 31.3. The fourth-order valence-corrected chi connectivity index (χ4v) is 3.95. The van der Waals surface area contributed by atoms with Gasteiger partial charge >= 0.3 is 15.2 Å². The summed E-state index contributed by atoms with van der Waals surface area (Å²) in [6.07, 6.45) is -5.41. The Bertz CT molecular complexity index is 743. The summed E-state index contributed by atoms with van der Waals surface area (Å²) >= 11 is 0. The third kappa shape index (κ3) is 17.7. The van der Waals surface area contributed by atoms with Crippen LogP contribution in [0.4, 0.5) is 0 Å². The lowest BCUT2D eigenvalue weighted by Gasteiger charge is -2.29.